The Bertz CT molecular complexity index is 747. The first kappa shape index (κ1) is 13.6. The van der Waals surface area contributed by atoms with Gasteiger partial charge in [0.2, 0.25) is 0 Å². The largest absolute Gasteiger partial charge is 0.384 e. The van der Waals surface area contributed by atoms with Crippen molar-refractivity contribution in [3.63, 3.8) is 0 Å². The molecule has 0 saturated heterocycles. The Balaban J connectivity index is 2.06. The summed E-state index contributed by atoms with van der Waals surface area (Å²) in [5.74, 6) is 0. The van der Waals surface area contributed by atoms with E-state index in [1.54, 1.807) is 6.20 Å². The Morgan fingerprint density at radius 2 is 1.76 bits per heavy atom. The Labute approximate surface area is 124 Å². The first-order chi connectivity index (χ1) is 10.2. The molecule has 3 aromatic rings. The average molecular weight is 278 g/mol. The maximum atomic E-state index is 10.8. The number of rotatable bonds is 3. The van der Waals surface area contributed by atoms with Crippen molar-refractivity contribution in [2.24, 2.45) is 0 Å². The number of nitrogens with one attached hydrogen (secondary N) is 1. The second-order valence-electron chi connectivity index (χ2n) is 5.33. The van der Waals surface area contributed by atoms with Gasteiger partial charge in [-0.1, -0.05) is 54.1 Å². The summed E-state index contributed by atoms with van der Waals surface area (Å²) in [6.45, 7) is 4.05. The van der Waals surface area contributed by atoms with E-state index >= 15 is 0 Å². The van der Waals surface area contributed by atoms with Crippen molar-refractivity contribution in [1.29, 1.82) is 0 Å². The second kappa shape index (κ2) is 5.54. The Morgan fingerprint density at radius 3 is 2.52 bits per heavy atom. The van der Waals surface area contributed by atoms with Gasteiger partial charge in [0.25, 0.3) is 0 Å². The minimum Gasteiger partial charge on any atom is -0.384 e. The van der Waals surface area contributed by atoms with Crippen LogP contribution in [0.15, 0.2) is 54.7 Å². The molecule has 0 bridgehead atoms. The van der Waals surface area contributed by atoms with Crippen molar-refractivity contribution < 1.29 is 5.11 Å². The number of aliphatic hydroxyl groups is 1. The fourth-order valence-electron chi connectivity index (χ4n) is 2.56. The summed E-state index contributed by atoms with van der Waals surface area (Å²) in [4.78, 5) is 0. The van der Waals surface area contributed by atoms with E-state index in [1.165, 1.54) is 0 Å². The minimum atomic E-state index is -0.682. The standard InChI is InChI=1S/C18H18N2O/c1-12-8-9-13(2)15(10-12)18(21)16-11-19-20-17(16)14-6-4-3-5-7-14/h3-11,18,21H,1-2H3,(H,19,20). The average Bonchev–Trinajstić information content (AvgIpc) is 2.99. The molecular formula is C18H18N2O. The smallest absolute Gasteiger partial charge is 0.108 e. The maximum absolute atomic E-state index is 10.8. The van der Waals surface area contributed by atoms with Crippen molar-refractivity contribution in [1.82, 2.24) is 10.2 Å². The summed E-state index contributed by atoms with van der Waals surface area (Å²) < 4.78 is 0. The molecule has 2 aromatic carbocycles. The van der Waals surface area contributed by atoms with Gasteiger partial charge in [-0.25, -0.2) is 0 Å². The molecule has 0 aliphatic carbocycles. The van der Waals surface area contributed by atoms with E-state index < -0.39 is 6.10 Å². The van der Waals surface area contributed by atoms with E-state index in [9.17, 15) is 5.11 Å². The Morgan fingerprint density at radius 1 is 1.00 bits per heavy atom. The van der Waals surface area contributed by atoms with Gasteiger partial charge < -0.3 is 5.11 Å². The van der Waals surface area contributed by atoms with E-state index in [4.69, 9.17) is 0 Å². The quantitative estimate of drug-likeness (QED) is 0.766. The lowest BCUT2D eigenvalue weighted by Gasteiger charge is -2.15. The van der Waals surface area contributed by atoms with Crippen LogP contribution in [0.4, 0.5) is 0 Å². The van der Waals surface area contributed by atoms with Gasteiger partial charge in [-0.3, -0.25) is 5.10 Å². The molecule has 21 heavy (non-hydrogen) atoms. The molecule has 0 spiro atoms. The van der Waals surface area contributed by atoms with Crippen LogP contribution < -0.4 is 0 Å². The highest BCUT2D eigenvalue weighted by atomic mass is 16.3. The molecule has 3 heteroatoms. The molecule has 0 amide bonds. The van der Waals surface area contributed by atoms with Crippen LogP contribution in [0.2, 0.25) is 0 Å². The Kier molecular flexibility index (Phi) is 3.59. The van der Waals surface area contributed by atoms with Gasteiger partial charge in [-0.05, 0) is 30.5 Å². The number of benzene rings is 2. The molecule has 0 fully saturated rings. The molecule has 106 valence electrons. The molecule has 2 N–H and O–H groups in total. The summed E-state index contributed by atoms with van der Waals surface area (Å²) in [6, 6.07) is 16.1. The zero-order valence-electron chi connectivity index (χ0n) is 12.2. The van der Waals surface area contributed by atoms with E-state index in [2.05, 4.69) is 16.3 Å². The highest BCUT2D eigenvalue weighted by molar-refractivity contribution is 5.64. The van der Waals surface area contributed by atoms with Gasteiger partial charge in [0, 0.05) is 5.56 Å². The van der Waals surface area contributed by atoms with Gasteiger partial charge in [0.1, 0.15) is 6.10 Å². The van der Waals surface area contributed by atoms with Crippen LogP contribution >= 0.6 is 0 Å². The molecule has 1 unspecified atom stereocenters. The number of aryl methyl sites for hydroxylation is 2. The molecule has 1 heterocycles. The Hall–Kier alpha value is -2.39. The highest BCUT2D eigenvalue weighted by Gasteiger charge is 2.19. The van der Waals surface area contributed by atoms with Crippen LogP contribution in [0.1, 0.15) is 28.4 Å². The van der Waals surface area contributed by atoms with Gasteiger partial charge in [-0.15, -0.1) is 0 Å². The molecule has 0 saturated carbocycles. The van der Waals surface area contributed by atoms with Crippen LogP contribution in [0, 0.1) is 13.8 Å². The molecule has 1 atom stereocenters. The van der Waals surface area contributed by atoms with Crippen LogP contribution in [-0.4, -0.2) is 15.3 Å². The summed E-state index contributed by atoms with van der Waals surface area (Å²) in [6.07, 6.45) is 1.02. The van der Waals surface area contributed by atoms with Crippen LogP contribution in [-0.2, 0) is 0 Å². The SMILES string of the molecule is Cc1ccc(C)c(C(O)c2cn[nH]c2-c2ccccc2)c1. The first-order valence-corrected chi connectivity index (χ1v) is 7.00. The van der Waals surface area contributed by atoms with Crippen molar-refractivity contribution in [2.75, 3.05) is 0 Å². The molecule has 3 rings (SSSR count). The third-order valence-corrected chi connectivity index (χ3v) is 3.76. The summed E-state index contributed by atoms with van der Waals surface area (Å²) in [5.41, 5.74) is 5.83. The normalized spacial score (nSPS) is 12.3. The molecule has 3 nitrogen and oxygen atoms in total. The number of nitrogens with zero attached hydrogens (tertiary/aromatic N) is 1. The highest BCUT2D eigenvalue weighted by Crippen LogP contribution is 2.31. The van der Waals surface area contributed by atoms with E-state index in [1.807, 2.05) is 56.3 Å². The number of aliphatic hydroxyl groups excluding tert-OH is 1. The molecule has 1 aromatic heterocycles. The summed E-state index contributed by atoms with van der Waals surface area (Å²) in [5, 5.41) is 17.9. The number of aromatic nitrogens is 2. The predicted molar refractivity (Wildman–Crippen MR) is 84.0 cm³/mol. The number of H-pyrrole nitrogens is 1. The summed E-state index contributed by atoms with van der Waals surface area (Å²) in [7, 11) is 0. The zero-order chi connectivity index (χ0) is 14.8. The summed E-state index contributed by atoms with van der Waals surface area (Å²) >= 11 is 0. The molecule has 0 aliphatic heterocycles. The van der Waals surface area contributed by atoms with Crippen LogP contribution in [0.3, 0.4) is 0 Å². The predicted octanol–water partition coefficient (Wildman–Crippen LogP) is 3.78. The van der Waals surface area contributed by atoms with Crippen molar-refractivity contribution in [2.45, 2.75) is 20.0 Å². The van der Waals surface area contributed by atoms with Gasteiger partial charge >= 0.3 is 0 Å². The maximum Gasteiger partial charge on any atom is 0.108 e. The van der Waals surface area contributed by atoms with Crippen molar-refractivity contribution >= 4 is 0 Å². The van der Waals surface area contributed by atoms with E-state index in [-0.39, 0.29) is 0 Å². The second-order valence-corrected chi connectivity index (χ2v) is 5.33. The third kappa shape index (κ3) is 2.60. The van der Waals surface area contributed by atoms with Gasteiger partial charge in [0.15, 0.2) is 0 Å². The zero-order valence-corrected chi connectivity index (χ0v) is 12.2. The van der Waals surface area contributed by atoms with Crippen molar-refractivity contribution in [3.8, 4) is 11.3 Å². The number of hydrogen-bond donors (Lipinski definition) is 2. The lowest BCUT2D eigenvalue weighted by Crippen LogP contribution is -2.03. The van der Waals surface area contributed by atoms with Crippen molar-refractivity contribution in [3.05, 3.63) is 77.0 Å². The number of aromatic amines is 1. The molecule has 0 radical (unpaired) electrons. The molecular weight excluding hydrogens is 260 g/mol. The topological polar surface area (TPSA) is 48.9 Å². The monoisotopic (exact) mass is 278 g/mol. The van der Waals surface area contributed by atoms with E-state index in [0.717, 1.165) is 33.5 Å². The minimum absolute atomic E-state index is 0.682. The number of hydrogen-bond acceptors (Lipinski definition) is 2. The van der Waals surface area contributed by atoms with Crippen LogP contribution in [0.25, 0.3) is 11.3 Å². The van der Waals surface area contributed by atoms with Gasteiger partial charge in [0.05, 0.1) is 11.9 Å². The third-order valence-electron chi connectivity index (χ3n) is 3.76. The van der Waals surface area contributed by atoms with Crippen LogP contribution in [0.5, 0.6) is 0 Å². The van der Waals surface area contributed by atoms with Gasteiger partial charge in [-0.2, -0.15) is 5.10 Å². The lowest BCUT2D eigenvalue weighted by molar-refractivity contribution is 0.220. The fraction of sp³-hybridized carbons (Fsp3) is 0.167. The fourth-order valence-corrected chi connectivity index (χ4v) is 2.56. The first-order valence-electron chi connectivity index (χ1n) is 7.00. The van der Waals surface area contributed by atoms with E-state index in [0.29, 0.717) is 0 Å². The lowest BCUT2D eigenvalue weighted by atomic mass is 9.94. The molecule has 0 aliphatic rings.